The second-order valence-corrected chi connectivity index (χ2v) is 3.42. The molecular weight excluding hydrogens is 178 g/mol. The van der Waals surface area contributed by atoms with Crippen molar-refractivity contribution in [2.45, 2.75) is 20.3 Å². The van der Waals surface area contributed by atoms with Gasteiger partial charge in [0.2, 0.25) is 0 Å². The zero-order valence-electron chi connectivity index (χ0n) is 5.69. The molecule has 9 heavy (non-hydrogen) atoms. The third kappa shape index (κ3) is 1.42. The van der Waals surface area contributed by atoms with Gasteiger partial charge in [-0.05, 0) is 5.92 Å². The Morgan fingerprint density at radius 1 is 1.67 bits per heavy atom. The molecule has 2 heteroatoms. The number of halogens is 1. The molecule has 0 saturated carbocycles. The Bertz CT molecular complexity index is 168. The summed E-state index contributed by atoms with van der Waals surface area (Å²) in [5, 5.41) is 0. The standard InChI is InChI=1S/C7H10BrN/c1-5(2)7-6(8)3-4-9-7/h4-5H,3H2,1-2H3. The van der Waals surface area contributed by atoms with Crippen molar-refractivity contribution in [3.63, 3.8) is 0 Å². The summed E-state index contributed by atoms with van der Waals surface area (Å²) in [6, 6.07) is 0. The molecule has 0 unspecified atom stereocenters. The van der Waals surface area contributed by atoms with Crippen molar-refractivity contribution < 1.29 is 0 Å². The highest BCUT2D eigenvalue weighted by molar-refractivity contribution is 9.11. The van der Waals surface area contributed by atoms with Gasteiger partial charge >= 0.3 is 0 Å². The molecule has 1 aliphatic heterocycles. The summed E-state index contributed by atoms with van der Waals surface area (Å²) < 4.78 is 1.25. The van der Waals surface area contributed by atoms with Crippen LogP contribution in [0.2, 0.25) is 0 Å². The number of hydrogen-bond acceptors (Lipinski definition) is 1. The maximum atomic E-state index is 4.22. The summed E-state index contributed by atoms with van der Waals surface area (Å²) in [6.45, 7) is 4.30. The predicted molar refractivity (Wildman–Crippen MR) is 43.9 cm³/mol. The van der Waals surface area contributed by atoms with Crippen molar-refractivity contribution in [3.8, 4) is 0 Å². The molecule has 0 aromatic rings. The first-order chi connectivity index (χ1) is 4.22. The molecule has 0 aliphatic carbocycles. The van der Waals surface area contributed by atoms with E-state index in [0.717, 1.165) is 6.42 Å². The molecule has 0 saturated heterocycles. The van der Waals surface area contributed by atoms with Gasteiger partial charge in [-0.25, -0.2) is 0 Å². The van der Waals surface area contributed by atoms with Gasteiger partial charge in [0.05, 0.1) is 5.70 Å². The molecule has 0 amide bonds. The van der Waals surface area contributed by atoms with E-state index in [9.17, 15) is 0 Å². The quantitative estimate of drug-likeness (QED) is 0.599. The van der Waals surface area contributed by atoms with Gasteiger partial charge in [-0.15, -0.1) is 0 Å². The highest BCUT2D eigenvalue weighted by atomic mass is 79.9. The van der Waals surface area contributed by atoms with Gasteiger partial charge in [-0.2, -0.15) is 0 Å². The van der Waals surface area contributed by atoms with Crippen LogP contribution in [0.15, 0.2) is 15.2 Å². The van der Waals surface area contributed by atoms with Gasteiger partial charge in [-0.3, -0.25) is 4.99 Å². The first kappa shape index (κ1) is 7.00. The molecule has 0 bridgehead atoms. The van der Waals surface area contributed by atoms with Crippen LogP contribution in [-0.4, -0.2) is 6.21 Å². The fourth-order valence-corrected chi connectivity index (χ4v) is 1.57. The van der Waals surface area contributed by atoms with E-state index >= 15 is 0 Å². The van der Waals surface area contributed by atoms with Crippen molar-refractivity contribution in [1.82, 2.24) is 0 Å². The van der Waals surface area contributed by atoms with Gasteiger partial charge in [0.25, 0.3) is 0 Å². The van der Waals surface area contributed by atoms with Crippen LogP contribution in [0, 0.1) is 5.92 Å². The van der Waals surface area contributed by atoms with Crippen LogP contribution in [0.3, 0.4) is 0 Å². The molecule has 0 radical (unpaired) electrons. The minimum atomic E-state index is 0.554. The highest BCUT2D eigenvalue weighted by Gasteiger charge is 2.10. The lowest BCUT2D eigenvalue weighted by molar-refractivity contribution is 0.760. The number of allylic oxidation sites excluding steroid dienone is 2. The maximum absolute atomic E-state index is 4.22. The Morgan fingerprint density at radius 2 is 2.33 bits per heavy atom. The number of nitrogens with zero attached hydrogens (tertiary/aromatic N) is 1. The molecule has 0 aromatic carbocycles. The Labute approximate surface area is 64.0 Å². The maximum Gasteiger partial charge on any atom is 0.0529 e. The third-order valence-electron chi connectivity index (χ3n) is 1.33. The van der Waals surface area contributed by atoms with E-state index in [0.29, 0.717) is 5.92 Å². The number of aliphatic imine (C=N–C) groups is 1. The van der Waals surface area contributed by atoms with Gasteiger partial charge in [0.15, 0.2) is 0 Å². The monoisotopic (exact) mass is 187 g/mol. The average Bonchev–Trinajstić information content (AvgIpc) is 2.13. The van der Waals surface area contributed by atoms with Crippen LogP contribution >= 0.6 is 15.9 Å². The van der Waals surface area contributed by atoms with Crippen molar-refractivity contribution in [2.24, 2.45) is 10.9 Å². The molecule has 0 fully saturated rings. The second kappa shape index (κ2) is 2.65. The van der Waals surface area contributed by atoms with Crippen molar-refractivity contribution in [2.75, 3.05) is 0 Å². The van der Waals surface area contributed by atoms with Crippen molar-refractivity contribution in [1.29, 1.82) is 0 Å². The Hall–Kier alpha value is -0.110. The zero-order chi connectivity index (χ0) is 6.85. The van der Waals surface area contributed by atoms with Gasteiger partial charge in [-0.1, -0.05) is 29.8 Å². The van der Waals surface area contributed by atoms with E-state index in [1.165, 1.54) is 10.2 Å². The average molecular weight is 188 g/mol. The van der Waals surface area contributed by atoms with Crippen molar-refractivity contribution >= 4 is 22.1 Å². The molecule has 0 spiro atoms. The highest BCUT2D eigenvalue weighted by Crippen LogP contribution is 2.26. The largest absolute Gasteiger partial charge is 0.264 e. The number of hydrogen-bond donors (Lipinski definition) is 0. The topological polar surface area (TPSA) is 12.4 Å². The second-order valence-electron chi connectivity index (χ2n) is 2.46. The van der Waals surface area contributed by atoms with Crippen molar-refractivity contribution in [3.05, 3.63) is 10.2 Å². The van der Waals surface area contributed by atoms with E-state index in [1.54, 1.807) is 0 Å². The molecule has 1 nitrogen and oxygen atoms in total. The van der Waals surface area contributed by atoms with E-state index in [4.69, 9.17) is 0 Å². The van der Waals surface area contributed by atoms with Crippen LogP contribution in [-0.2, 0) is 0 Å². The summed E-state index contributed by atoms with van der Waals surface area (Å²) in [4.78, 5) is 4.22. The van der Waals surface area contributed by atoms with Crippen LogP contribution < -0.4 is 0 Å². The summed E-state index contributed by atoms with van der Waals surface area (Å²) >= 11 is 3.46. The van der Waals surface area contributed by atoms with Crippen LogP contribution in [0.25, 0.3) is 0 Å². The summed E-state index contributed by atoms with van der Waals surface area (Å²) in [5.74, 6) is 0.554. The Balaban J connectivity index is 2.77. The minimum absolute atomic E-state index is 0.554. The molecular formula is C7H10BrN. The summed E-state index contributed by atoms with van der Waals surface area (Å²) in [7, 11) is 0. The third-order valence-corrected chi connectivity index (χ3v) is 2.06. The Morgan fingerprint density at radius 3 is 2.56 bits per heavy atom. The van der Waals surface area contributed by atoms with E-state index in [2.05, 4.69) is 34.8 Å². The molecule has 0 aromatic heterocycles. The van der Waals surface area contributed by atoms with E-state index in [1.807, 2.05) is 6.21 Å². The summed E-state index contributed by atoms with van der Waals surface area (Å²) in [5.41, 5.74) is 1.20. The first-order valence-electron chi connectivity index (χ1n) is 3.13. The van der Waals surface area contributed by atoms with Crippen LogP contribution in [0.4, 0.5) is 0 Å². The lowest BCUT2D eigenvalue weighted by atomic mass is 10.1. The molecule has 0 atom stereocenters. The summed E-state index contributed by atoms with van der Waals surface area (Å²) in [6.07, 6.45) is 2.92. The first-order valence-corrected chi connectivity index (χ1v) is 3.92. The smallest absolute Gasteiger partial charge is 0.0529 e. The fourth-order valence-electron chi connectivity index (χ4n) is 0.861. The normalized spacial score (nSPS) is 18.2. The van der Waals surface area contributed by atoms with E-state index < -0.39 is 0 Å². The molecule has 0 N–H and O–H groups in total. The van der Waals surface area contributed by atoms with Crippen LogP contribution in [0.1, 0.15) is 20.3 Å². The molecule has 1 rings (SSSR count). The lowest BCUT2D eigenvalue weighted by Gasteiger charge is -2.01. The molecule has 50 valence electrons. The van der Waals surface area contributed by atoms with Gasteiger partial charge in [0.1, 0.15) is 0 Å². The van der Waals surface area contributed by atoms with E-state index in [-0.39, 0.29) is 0 Å². The Kier molecular flexibility index (Phi) is 2.06. The lowest BCUT2D eigenvalue weighted by Crippen LogP contribution is -1.88. The molecule has 1 heterocycles. The SMILES string of the molecule is CC(C)C1=C(Br)CC=N1. The van der Waals surface area contributed by atoms with Crippen LogP contribution in [0.5, 0.6) is 0 Å². The zero-order valence-corrected chi connectivity index (χ0v) is 7.27. The minimum Gasteiger partial charge on any atom is -0.264 e. The van der Waals surface area contributed by atoms with Gasteiger partial charge in [0, 0.05) is 17.1 Å². The fraction of sp³-hybridized carbons (Fsp3) is 0.571. The van der Waals surface area contributed by atoms with Gasteiger partial charge < -0.3 is 0 Å². The molecule has 1 aliphatic rings. The predicted octanol–water partition coefficient (Wildman–Crippen LogP) is 2.72. The number of rotatable bonds is 1.